The minimum absolute atomic E-state index is 0.248. The Morgan fingerprint density at radius 3 is 2.20 bits per heavy atom. The van der Waals surface area contributed by atoms with Gasteiger partial charge in [0.2, 0.25) is 0 Å². The molecular weight excluding hydrogens is 269 g/mol. The number of halogens is 3. The van der Waals surface area contributed by atoms with Crippen molar-refractivity contribution in [2.75, 3.05) is 7.11 Å². The SMILES string of the molecule is COc1cc(C)ccc1-c1ccccc1OC(F)(F)F. The van der Waals surface area contributed by atoms with Crippen LogP contribution in [0.4, 0.5) is 13.2 Å². The van der Waals surface area contributed by atoms with E-state index in [0.717, 1.165) is 5.56 Å². The monoisotopic (exact) mass is 282 g/mol. The second-order valence-electron chi connectivity index (χ2n) is 4.25. The van der Waals surface area contributed by atoms with Crippen LogP contribution >= 0.6 is 0 Å². The van der Waals surface area contributed by atoms with Gasteiger partial charge in [-0.2, -0.15) is 0 Å². The van der Waals surface area contributed by atoms with Crippen molar-refractivity contribution in [1.82, 2.24) is 0 Å². The van der Waals surface area contributed by atoms with Crippen LogP contribution in [-0.4, -0.2) is 13.5 Å². The number of alkyl halides is 3. The van der Waals surface area contributed by atoms with E-state index in [1.54, 1.807) is 24.3 Å². The Bertz CT molecular complexity index is 606. The highest BCUT2D eigenvalue weighted by atomic mass is 19.4. The van der Waals surface area contributed by atoms with Gasteiger partial charge in [0.15, 0.2) is 0 Å². The van der Waals surface area contributed by atoms with Crippen molar-refractivity contribution in [1.29, 1.82) is 0 Å². The Morgan fingerprint density at radius 2 is 1.55 bits per heavy atom. The van der Waals surface area contributed by atoms with Gasteiger partial charge in [-0.25, -0.2) is 0 Å². The maximum absolute atomic E-state index is 12.4. The van der Waals surface area contributed by atoms with Crippen molar-refractivity contribution in [3.8, 4) is 22.6 Å². The molecule has 0 unspecified atom stereocenters. The number of aryl methyl sites for hydroxylation is 1. The Labute approximate surface area is 114 Å². The average molecular weight is 282 g/mol. The van der Waals surface area contributed by atoms with Crippen LogP contribution in [0.5, 0.6) is 11.5 Å². The standard InChI is InChI=1S/C15H13F3O2/c1-10-7-8-12(14(9-10)19-2)11-5-3-4-6-13(11)20-15(16,17)18/h3-9H,1-2H3. The summed E-state index contributed by atoms with van der Waals surface area (Å²) >= 11 is 0. The van der Waals surface area contributed by atoms with Crippen molar-refractivity contribution in [3.05, 3.63) is 48.0 Å². The Kier molecular flexibility index (Phi) is 3.88. The molecule has 0 fully saturated rings. The van der Waals surface area contributed by atoms with Crippen LogP contribution in [0.3, 0.4) is 0 Å². The summed E-state index contributed by atoms with van der Waals surface area (Å²) in [6, 6.07) is 11.3. The van der Waals surface area contributed by atoms with Gasteiger partial charge >= 0.3 is 6.36 Å². The number of methoxy groups -OCH3 is 1. The molecular formula is C15H13F3O2. The Hall–Kier alpha value is -2.17. The number of rotatable bonds is 3. The molecule has 106 valence electrons. The first-order valence-electron chi connectivity index (χ1n) is 5.90. The second-order valence-corrected chi connectivity index (χ2v) is 4.25. The maximum Gasteiger partial charge on any atom is 0.573 e. The van der Waals surface area contributed by atoms with Gasteiger partial charge in [-0.1, -0.05) is 30.3 Å². The molecule has 2 aromatic carbocycles. The summed E-state index contributed by atoms with van der Waals surface area (Å²) in [5, 5.41) is 0. The van der Waals surface area contributed by atoms with Gasteiger partial charge in [-0.3, -0.25) is 0 Å². The van der Waals surface area contributed by atoms with Gasteiger partial charge in [0.1, 0.15) is 11.5 Å². The van der Waals surface area contributed by atoms with Crippen molar-refractivity contribution in [2.24, 2.45) is 0 Å². The summed E-state index contributed by atoms with van der Waals surface area (Å²) in [5.74, 6) is 0.255. The van der Waals surface area contributed by atoms with Gasteiger partial charge in [-0.05, 0) is 24.6 Å². The molecule has 0 radical (unpaired) electrons. The van der Waals surface area contributed by atoms with Gasteiger partial charge in [-0.15, -0.1) is 13.2 Å². The highest BCUT2D eigenvalue weighted by molar-refractivity contribution is 5.76. The van der Waals surface area contributed by atoms with E-state index in [1.165, 1.54) is 19.2 Å². The van der Waals surface area contributed by atoms with Crippen molar-refractivity contribution >= 4 is 0 Å². The van der Waals surface area contributed by atoms with Crippen LogP contribution < -0.4 is 9.47 Å². The summed E-state index contributed by atoms with van der Waals surface area (Å²) in [5.41, 5.74) is 1.85. The fourth-order valence-corrected chi connectivity index (χ4v) is 1.92. The topological polar surface area (TPSA) is 18.5 Å². The molecule has 0 N–H and O–H groups in total. The molecule has 0 aliphatic heterocycles. The van der Waals surface area contributed by atoms with Crippen LogP contribution in [0.2, 0.25) is 0 Å². The third-order valence-corrected chi connectivity index (χ3v) is 2.76. The zero-order valence-electron chi connectivity index (χ0n) is 11.0. The van der Waals surface area contributed by atoms with Crippen LogP contribution in [0, 0.1) is 6.92 Å². The largest absolute Gasteiger partial charge is 0.573 e. The smallest absolute Gasteiger partial charge is 0.496 e. The molecule has 2 aromatic rings. The van der Waals surface area contributed by atoms with Gasteiger partial charge in [0.05, 0.1) is 7.11 Å². The van der Waals surface area contributed by atoms with Crippen molar-refractivity contribution < 1.29 is 22.6 Å². The lowest BCUT2D eigenvalue weighted by Gasteiger charge is -2.15. The van der Waals surface area contributed by atoms with Crippen LogP contribution in [0.15, 0.2) is 42.5 Å². The zero-order valence-corrected chi connectivity index (χ0v) is 11.0. The minimum atomic E-state index is -4.73. The van der Waals surface area contributed by atoms with E-state index in [-0.39, 0.29) is 5.75 Å². The van der Waals surface area contributed by atoms with Gasteiger partial charge in [0, 0.05) is 11.1 Å². The van der Waals surface area contributed by atoms with Crippen LogP contribution in [0.1, 0.15) is 5.56 Å². The first-order chi connectivity index (χ1) is 9.40. The summed E-state index contributed by atoms with van der Waals surface area (Å²) < 4.78 is 46.6. The molecule has 0 aliphatic carbocycles. The predicted octanol–water partition coefficient (Wildman–Crippen LogP) is 4.57. The summed E-state index contributed by atoms with van der Waals surface area (Å²) in [7, 11) is 1.48. The number of ether oxygens (including phenoxy) is 2. The fourth-order valence-electron chi connectivity index (χ4n) is 1.92. The molecule has 2 nitrogen and oxygen atoms in total. The molecule has 0 heterocycles. The molecule has 0 spiro atoms. The van der Waals surface area contributed by atoms with E-state index >= 15 is 0 Å². The minimum Gasteiger partial charge on any atom is -0.496 e. The summed E-state index contributed by atoms with van der Waals surface area (Å²) in [4.78, 5) is 0. The molecule has 5 heteroatoms. The van der Waals surface area contributed by atoms with E-state index in [0.29, 0.717) is 16.9 Å². The Balaban J connectivity index is 2.53. The number of hydrogen-bond donors (Lipinski definition) is 0. The van der Waals surface area contributed by atoms with Gasteiger partial charge in [0.25, 0.3) is 0 Å². The lowest BCUT2D eigenvalue weighted by Crippen LogP contribution is -2.17. The van der Waals surface area contributed by atoms with E-state index in [2.05, 4.69) is 4.74 Å². The Morgan fingerprint density at radius 1 is 0.900 bits per heavy atom. The van der Waals surface area contributed by atoms with E-state index in [4.69, 9.17) is 4.74 Å². The number of benzene rings is 2. The van der Waals surface area contributed by atoms with E-state index in [9.17, 15) is 13.2 Å². The average Bonchev–Trinajstić information content (AvgIpc) is 2.38. The first-order valence-corrected chi connectivity index (χ1v) is 5.90. The second kappa shape index (κ2) is 5.45. The van der Waals surface area contributed by atoms with Gasteiger partial charge < -0.3 is 9.47 Å². The molecule has 0 atom stereocenters. The van der Waals surface area contributed by atoms with Crippen molar-refractivity contribution in [3.63, 3.8) is 0 Å². The predicted molar refractivity (Wildman–Crippen MR) is 69.9 cm³/mol. The van der Waals surface area contributed by atoms with Crippen LogP contribution in [-0.2, 0) is 0 Å². The lowest BCUT2D eigenvalue weighted by molar-refractivity contribution is -0.274. The van der Waals surface area contributed by atoms with Crippen molar-refractivity contribution in [2.45, 2.75) is 13.3 Å². The highest BCUT2D eigenvalue weighted by Gasteiger charge is 2.32. The number of para-hydroxylation sites is 1. The summed E-state index contributed by atoms with van der Waals surface area (Å²) in [6.45, 7) is 1.88. The molecule has 0 saturated heterocycles. The lowest BCUT2D eigenvalue weighted by atomic mass is 10.0. The van der Waals surface area contributed by atoms with E-state index < -0.39 is 6.36 Å². The number of hydrogen-bond acceptors (Lipinski definition) is 2. The maximum atomic E-state index is 12.4. The highest BCUT2D eigenvalue weighted by Crippen LogP contribution is 2.38. The molecule has 20 heavy (non-hydrogen) atoms. The molecule has 0 amide bonds. The molecule has 0 aliphatic rings. The zero-order chi connectivity index (χ0) is 14.8. The summed E-state index contributed by atoms with van der Waals surface area (Å²) in [6.07, 6.45) is -4.73. The van der Waals surface area contributed by atoms with Crippen LogP contribution in [0.25, 0.3) is 11.1 Å². The quantitative estimate of drug-likeness (QED) is 0.821. The fraction of sp³-hybridized carbons (Fsp3) is 0.200. The molecule has 2 rings (SSSR count). The third kappa shape index (κ3) is 3.23. The normalized spacial score (nSPS) is 11.2. The van der Waals surface area contributed by atoms with E-state index in [1.807, 2.05) is 13.0 Å². The molecule has 0 bridgehead atoms. The molecule has 0 saturated carbocycles. The third-order valence-electron chi connectivity index (χ3n) is 2.76. The molecule has 0 aromatic heterocycles. The first kappa shape index (κ1) is 14.2.